The molecule has 15 heavy (non-hydrogen) atoms. The van der Waals surface area contributed by atoms with Gasteiger partial charge in [0.25, 0.3) is 0 Å². The Morgan fingerprint density at radius 2 is 2.07 bits per heavy atom. The number of aromatic nitrogens is 2. The van der Waals surface area contributed by atoms with Gasteiger partial charge in [-0.2, -0.15) is 13.2 Å². The normalized spacial score (nSPS) is 11.5. The average molecular weight is 237 g/mol. The van der Waals surface area contributed by atoms with Gasteiger partial charge in [0.15, 0.2) is 5.16 Å². The van der Waals surface area contributed by atoms with E-state index in [1.54, 1.807) is 13.2 Å². The number of thioether (sulfide) groups is 1. The molecule has 1 rings (SSSR count). The highest BCUT2D eigenvalue weighted by Crippen LogP contribution is 2.17. The van der Waals surface area contributed by atoms with E-state index in [0.29, 0.717) is 10.9 Å². The maximum absolute atomic E-state index is 11.9. The van der Waals surface area contributed by atoms with Crippen LogP contribution in [0.15, 0.2) is 11.2 Å². The lowest BCUT2D eigenvalue weighted by Gasteiger charge is -2.09. The van der Waals surface area contributed by atoms with Gasteiger partial charge in [-0.25, -0.2) is 9.97 Å². The quantitative estimate of drug-likeness (QED) is 0.647. The van der Waals surface area contributed by atoms with Crippen molar-refractivity contribution in [1.82, 2.24) is 9.97 Å². The molecule has 0 unspecified atom stereocenters. The molecule has 1 aromatic heterocycles. The standard InChI is InChI=1S/C8H10F3N3S/c1-5-3-6(12-4-8(9,10)11)14-7(13-5)15-2/h3H,4H2,1-2H3,(H,12,13,14). The second-order valence-corrected chi connectivity index (χ2v) is 3.62. The van der Waals surface area contributed by atoms with Crippen molar-refractivity contribution >= 4 is 17.6 Å². The fourth-order valence-electron chi connectivity index (χ4n) is 0.914. The van der Waals surface area contributed by atoms with Crippen LogP contribution in [0.4, 0.5) is 19.0 Å². The molecular formula is C8H10F3N3S. The van der Waals surface area contributed by atoms with E-state index in [2.05, 4.69) is 15.3 Å². The smallest absolute Gasteiger partial charge is 0.361 e. The summed E-state index contributed by atoms with van der Waals surface area (Å²) >= 11 is 1.29. The van der Waals surface area contributed by atoms with Gasteiger partial charge in [-0.3, -0.25) is 0 Å². The second-order valence-electron chi connectivity index (χ2n) is 2.85. The number of anilines is 1. The van der Waals surface area contributed by atoms with Crippen LogP contribution in [0.5, 0.6) is 0 Å². The molecule has 1 heterocycles. The van der Waals surface area contributed by atoms with E-state index in [4.69, 9.17) is 0 Å². The highest BCUT2D eigenvalue weighted by molar-refractivity contribution is 7.98. The molecule has 0 aliphatic carbocycles. The first-order valence-electron chi connectivity index (χ1n) is 4.11. The van der Waals surface area contributed by atoms with Crippen molar-refractivity contribution in [3.8, 4) is 0 Å². The Morgan fingerprint density at radius 1 is 1.40 bits per heavy atom. The van der Waals surface area contributed by atoms with Crippen molar-refractivity contribution in [2.75, 3.05) is 18.1 Å². The zero-order valence-electron chi connectivity index (χ0n) is 8.22. The van der Waals surface area contributed by atoms with E-state index in [9.17, 15) is 13.2 Å². The average Bonchev–Trinajstić information content (AvgIpc) is 2.13. The Bertz CT molecular complexity index is 340. The van der Waals surface area contributed by atoms with E-state index in [-0.39, 0.29) is 5.82 Å². The molecule has 0 aliphatic heterocycles. The summed E-state index contributed by atoms with van der Waals surface area (Å²) in [6, 6.07) is 1.48. The summed E-state index contributed by atoms with van der Waals surface area (Å²) < 4.78 is 35.7. The predicted octanol–water partition coefficient (Wildman–Crippen LogP) is 2.48. The molecule has 1 aromatic rings. The monoisotopic (exact) mass is 237 g/mol. The third-order valence-corrected chi connectivity index (χ3v) is 2.03. The molecule has 0 amide bonds. The molecule has 0 aromatic carbocycles. The van der Waals surface area contributed by atoms with Crippen molar-refractivity contribution in [1.29, 1.82) is 0 Å². The Balaban J connectivity index is 2.73. The summed E-state index contributed by atoms with van der Waals surface area (Å²) in [5.74, 6) is 0.198. The Hall–Kier alpha value is -0.980. The van der Waals surface area contributed by atoms with Gasteiger partial charge < -0.3 is 5.32 Å². The molecule has 3 nitrogen and oxygen atoms in total. The molecule has 0 saturated carbocycles. The SMILES string of the molecule is CSc1nc(C)cc(NCC(F)(F)F)n1. The van der Waals surface area contributed by atoms with Crippen LogP contribution in [-0.4, -0.2) is 28.9 Å². The van der Waals surface area contributed by atoms with Crippen LogP contribution in [0.1, 0.15) is 5.69 Å². The van der Waals surface area contributed by atoms with Crippen molar-refractivity contribution in [2.45, 2.75) is 18.3 Å². The van der Waals surface area contributed by atoms with E-state index < -0.39 is 12.7 Å². The number of nitrogens with one attached hydrogen (secondary N) is 1. The minimum absolute atomic E-state index is 0.198. The summed E-state index contributed by atoms with van der Waals surface area (Å²) in [5, 5.41) is 2.67. The van der Waals surface area contributed by atoms with E-state index in [1.807, 2.05) is 0 Å². The Morgan fingerprint density at radius 3 is 2.60 bits per heavy atom. The van der Waals surface area contributed by atoms with Gasteiger partial charge in [0.1, 0.15) is 12.4 Å². The summed E-state index contributed by atoms with van der Waals surface area (Å²) in [4.78, 5) is 7.92. The van der Waals surface area contributed by atoms with Gasteiger partial charge in [0, 0.05) is 11.8 Å². The lowest BCUT2D eigenvalue weighted by atomic mass is 10.4. The summed E-state index contributed by atoms with van der Waals surface area (Å²) in [5.41, 5.74) is 0.638. The summed E-state index contributed by atoms with van der Waals surface area (Å²) in [7, 11) is 0. The van der Waals surface area contributed by atoms with Crippen molar-refractivity contribution in [3.63, 3.8) is 0 Å². The first-order chi connectivity index (χ1) is 6.90. The minimum atomic E-state index is -4.24. The highest BCUT2D eigenvalue weighted by atomic mass is 32.2. The zero-order valence-corrected chi connectivity index (χ0v) is 9.04. The summed E-state index contributed by atoms with van der Waals surface area (Å²) in [6.45, 7) is 0.622. The number of nitrogens with zero attached hydrogens (tertiary/aromatic N) is 2. The largest absolute Gasteiger partial charge is 0.405 e. The molecule has 7 heteroatoms. The molecule has 84 valence electrons. The first kappa shape index (κ1) is 12.1. The highest BCUT2D eigenvalue weighted by Gasteiger charge is 2.26. The number of hydrogen-bond acceptors (Lipinski definition) is 4. The number of alkyl halides is 3. The number of rotatable bonds is 3. The van der Waals surface area contributed by atoms with Gasteiger partial charge in [0.05, 0.1) is 0 Å². The third kappa shape index (κ3) is 4.37. The molecule has 0 aliphatic rings. The molecule has 0 fully saturated rings. The maximum Gasteiger partial charge on any atom is 0.405 e. The van der Waals surface area contributed by atoms with Crippen LogP contribution < -0.4 is 5.32 Å². The first-order valence-corrected chi connectivity index (χ1v) is 5.33. The van der Waals surface area contributed by atoms with Gasteiger partial charge in [-0.1, -0.05) is 11.8 Å². The van der Waals surface area contributed by atoms with E-state index >= 15 is 0 Å². The number of halogens is 3. The van der Waals surface area contributed by atoms with Gasteiger partial charge in [0.2, 0.25) is 0 Å². The molecule has 0 spiro atoms. The second kappa shape index (κ2) is 4.69. The fourth-order valence-corrected chi connectivity index (χ4v) is 1.34. The topological polar surface area (TPSA) is 37.8 Å². The van der Waals surface area contributed by atoms with Crippen molar-refractivity contribution in [3.05, 3.63) is 11.8 Å². The van der Waals surface area contributed by atoms with Crippen LogP contribution in [0.25, 0.3) is 0 Å². The fraction of sp³-hybridized carbons (Fsp3) is 0.500. The molecule has 0 saturated heterocycles. The van der Waals surface area contributed by atoms with Crippen molar-refractivity contribution in [2.24, 2.45) is 0 Å². The minimum Gasteiger partial charge on any atom is -0.361 e. The number of hydrogen-bond donors (Lipinski definition) is 1. The molecule has 0 bridgehead atoms. The molecular weight excluding hydrogens is 227 g/mol. The van der Waals surface area contributed by atoms with E-state index in [0.717, 1.165) is 0 Å². The van der Waals surface area contributed by atoms with Crippen LogP contribution in [0.2, 0.25) is 0 Å². The van der Waals surface area contributed by atoms with Crippen LogP contribution >= 0.6 is 11.8 Å². The van der Waals surface area contributed by atoms with Crippen LogP contribution in [0, 0.1) is 6.92 Å². The van der Waals surface area contributed by atoms with Gasteiger partial charge in [-0.15, -0.1) is 0 Å². The van der Waals surface area contributed by atoms with Crippen LogP contribution in [0.3, 0.4) is 0 Å². The Labute approximate surface area is 89.5 Å². The van der Waals surface area contributed by atoms with E-state index in [1.165, 1.54) is 17.8 Å². The molecule has 0 radical (unpaired) electrons. The summed E-state index contributed by atoms with van der Waals surface area (Å²) in [6.07, 6.45) is -2.47. The maximum atomic E-state index is 11.9. The molecule has 1 N–H and O–H groups in total. The van der Waals surface area contributed by atoms with Gasteiger partial charge in [-0.05, 0) is 13.2 Å². The lowest BCUT2D eigenvalue weighted by Crippen LogP contribution is -2.22. The number of aryl methyl sites for hydroxylation is 1. The molecule has 0 atom stereocenters. The zero-order chi connectivity index (χ0) is 11.5. The van der Waals surface area contributed by atoms with Crippen molar-refractivity contribution < 1.29 is 13.2 Å². The predicted molar refractivity (Wildman–Crippen MR) is 53.1 cm³/mol. The van der Waals surface area contributed by atoms with Gasteiger partial charge >= 0.3 is 6.18 Å². The lowest BCUT2D eigenvalue weighted by molar-refractivity contribution is -0.115. The van der Waals surface area contributed by atoms with Crippen LogP contribution in [-0.2, 0) is 0 Å². The Kier molecular flexibility index (Phi) is 3.78. The third-order valence-electron chi connectivity index (χ3n) is 1.49.